The van der Waals surface area contributed by atoms with Crippen LogP contribution in [0.5, 0.6) is 11.5 Å². The first-order valence-corrected chi connectivity index (χ1v) is 10.6. The Hall–Kier alpha value is -3.32. The van der Waals surface area contributed by atoms with E-state index in [0.29, 0.717) is 17.1 Å². The van der Waals surface area contributed by atoms with E-state index in [1.165, 1.54) is 25.2 Å². The molecule has 0 radical (unpaired) electrons. The predicted octanol–water partition coefficient (Wildman–Crippen LogP) is 4.67. The van der Waals surface area contributed by atoms with Crippen LogP contribution >= 0.6 is 11.3 Å². The van der Waals surface area contributed by atoms with Crippen LogP contribution in [0.1, 0.15) is 32.2 Å². The Bertz CT molecular complexity index is 1100. The maximum Gasteiger partial charge on any atom is 0.330 e. The largest absolute Gasteiger partial charge is 0.493 e. The molecule has 7 heteroatoms. The van der Waals surface area contributed by atoms with Gasteiger partial charge in [-0.25, -0.2) is 4.79 Å². The highest BCUT2D eigenvalue weighted by Gasteiger charge is 2.17. The van der Waals surface area contributed by atoms with E-state index in [1.807, 2.05) is 31.4 Å². The first-order chi connectivity index (χ1) is 14.9. The van der Waals surface area contributed by atoms with Gasteiger partial charge >= 0.3 is 5.97 Å². The van der Waals surface area contributed by atoms with Crippen molar-refractivity contribution in [2.24, 2.45) is 0 Å². The van der Waals surface area contributed by atoms with Crippen LogP contribution in [-0.2, 0) is 16.1 Å². The standard InChI is InChI=1S/C24H25NO5S/c1-16-12-20(17(2)25(16)14-19-6-5-11-31-19)21(26)15-30-22-9-7-18(13-23(22)28-3)8-10-24(27)29-4/h5-13H,14-15H2,1-4H3/b10-8+. The Morgan fingerprint density at radius 1 is 1.10 bits per heavy atom. The average Bonchev–Trinajstić information content (AvgIpc) is 3.39. The van der Waals surface area contributed by atoms with Crippen molar-refractivity contribution in [2.75, 3.05) is 20.8 Å². The molecule has 0 fully saturated rings. The van der Waals surface area contributed by atoms with Gasteiger partial charge in [-0.05, 0) is 55.1 Å². The van der Waals surface area contributed by atoms with Gasteiger partial charge in [0.1, 0.15) is 0 Å². The SMILES string of the molecule is COC(=O)/C=C/c1ccc(OCC(=O)c2cc(C)n(Cc3cccs3)c2C)c(OC)c1. The van der Waals surface area contributed by atoms with Gasteiger partial charge in [-0.15, -0.1) is 11.3 Å². The van der Waals surface area contributed by atoms with Crippen molar-refractivity contribution in [3.05, 3.63) is 75.2 Å². The summed E-state index contributed by atoms with van der Waals surface area (Å²) in [6, 6.07) is 11.2. The van der Waals surface area contributed by atoms with Gasteiger partial charge in [-0.3, -0.25) is 4.79 Å². The van der Waals surface area contributed by atoms with E-state index in [9.17, 15) is 9.59 Å². The van der Waals surface area contributed by atoms with Crippen LogP contribution in [0.15, 0.2) is 47.9 Å². The second-order valence-electron chi connectivity index (χ2n) is 6.93. The van der Waals surface area contributed by atoms with Gasteiger partial charge in [-0.2, -0.15) is 0 Å². The van der Waals surface area contributed by atoms with Crippen LogP contribution < -0.4 is 9.47 Å². The zero-order valence-electron chi connectivity index (χ0n) is 18.0. The minimum Gasteiger partial charge on any atom is -0.493 e. The Balaban J connectivity index is 1.70. The highest BCUT2D eigenvalue weighted by molar-refractivity contribution is 7.09. The highest BCUT2D eigenvalue weighted by Crippen LogP contribution is 2.29. The molecular weight excluding hydrogens is 414 g/mol. The number of ketones is 1. The van der Waals surface area contributed by atoms with Crippen LogP contribution in [-0.4, -0.2) is 37.1 Å². The number of ether oxygens (including phenoxy) is 3. The van der Waals surface area contributed by atoms with Gasteiger partial charge in [0.15, 0.2) is 18.1 Å². The summed E-state index contributed by atoms with van der Waals surface area (Å²) in [6.45, 7) is 4.60. The number of aromatic nitrogens is 1. The molecule has 2 heterocycles. The smallest absolute Gasteiger partial charge is 0.330 e. The topological polar surface area (TPSA) is 66.8 Å². The molecule has 0 saturated heterocycles. The van der Waals surface area contributed by atoms with Crippen molar-refractivity contribution < 1.29 is 23.8 Å². The molecule has 0 aliphatic carbocycles. The molecule has 0 atom stereocenters. The van der Waals surface area contributed by atoms with E-state index < -0.39 is 5.97 Å². The summed E-state index contributed by atoms with van der Waals surface area (Å²) in [6.07, 6.45) is 2.94. The quantitative estimate of drug-likeness (QED) is 0.275. The van der Waals surface area contributed by atoms with Crippen LogP contribution in [0.4, 0.5) is 0 Å². The lowest BCUT2D eigenvalue weighted by Crippen LogP contribution is -2.13. The monoisotopic (exact) mass is 439 g/mol. The number of aryl methyl sites for hydroxylation is 1. The molecular formula is C24H25NO5S. The zero-order chi connectivity index (χ0) is 22.4. The van der Waals surface area contributed by atoms with Gasteiger partial charge in [0.25, 0.3) is 0 Å². The Kier molecular flexibility index (Phi) is 7.31. The third-order valence-electron chi connectivity index (χ3n) is 4.93. The van der Waals surface area contributed by atoms with E-state index >= 15 is 0 Å². The number of nitrogens with zero attached hydrogens (tertiary/aromatic N) is 1. The lowest BCUT2D eigenvalue weighted by atomic mass is 10.1. The van der Waals surface area contributed by atoms with Gasteiger partial charge in [-0.1, -0.05) is 12.1 Å². The summed E-state index contributed by atoms with van der Waals surface area (Å²) in [5.41, 5.74) is 3.37. The number of carbonyl (C=O) groups is 2. The first-order valence-electron chi connectivity index (χ1n) is 9.72. The molecule has 0 aliphatic heterocycles. The second kappa shape index (κ2) is 10.1. The number of thiophene rings is 1. The molecule has 0 bridgehead atoms. The van der Waals surface area contributed by atoms with Crippen LogP contribution in [0, 0.1) is 13.8 Å². The lowest BCUT2D eigenvalue weighted by Gasteiger charge is -2.11. The first kappa shape index (κ1) is 22.4. The summed E-state index contributed by atoms with van der Waals surface area (Å²) in [5.74, 6) is 0.394. The Morgan fingerprint density at radius 3 is 2.58 bits per heavy atom. The lowest BCUT2D eigenvalue weighted by molar-refractivity contribution is -0.134. The van der Waals surface area contributed by atoms with E-state index in [1.54, 1.807) is 35.6 Å². The molecule has 2 aromatic heterocycles. The summed E-state index contributed by atoms with van der Waals surface area (Å²) >= 11 is 1.70. The maximum absolute atomic E-state index is 12.8. The molecule has 3 rings (SSSR count). The third kappa shape index (κ3) is 5.44. The summed E-state index contributed by atoms with van der Waals surface area (Å²) < 4.78 is 17.9. The van der Waals surface area contributed by atoms with Gasteiger partial charge in [0.05, 0.1) is 20.8 Å². The zero-order valence-corrected chi connectivity index (χ0v) is 18.8. The minimum absolute atomic E-state index is 0.0951. The molecule has 0 saturated carbocycles. The fourth-order valence-electron chi connectivity index (χ4n) is 3.25. The molecule has 1 aromatic carbocycles. The number of hydrogen-bond donors (Lipinski definition) is 0. The van der Waals surface area contributed by atoms with E-state index in [0.717, 1.165) is 23.5 Å². The normalized spacial score (nSPS) is 11.0. The molecule has 0 spiro atoms. The third-order valence-corrected chi connectivity index (χ3v) is 5.79. The van der Waals surface area contributed by atoms with E-state index in [4.69, 9.17) is 9.47 Å². The van der Waals surface area contributed by atoms with Crippen molar-refractivity contribution >= 4 is 29.2 Å². The Morgan fingerprint density at radius 2 is 1.90 bits per heavy atom. The predicted molar refractivity (Wildman–Crippen MR) is 121 cm³/mol. The van der Waals surface area contributed by atoms with Gasteiger partial charge < -0.3 is 18.8 Å². The molecule has 0 N–H and O–H groups in total. The fourth-order valence-corrected chi connectivity index (χ4v) is 3.94. The molecule has 0 amide bonds. The van der Waals surface area contributed by atoms with E-state index in [-0.39, 0.29) is 12.4 Å². The van der Waals surface area contributed by atoms with Crippen molar-refractivity contribution in [2.45, 2.75) is 20.4 Å². The maximum atomic E-state index is 12.8. The summed E-state index contributed by atoms with van der Waals surface area (Å²) in [5, 5.41) is 2.05. The molecule has 0 aliphatic rings. The average molecular weight is 440 g/mol. The van der Waals surface area contributed by atoms with Gasteiger partial charge in [0.2, 0.25) is 5.78 Å². The number of hydrogen-bond acceptors (Lipinski definition) is 6. The summed E-state index contributed by atoms with van der Waals surface area (Å²) in [4.78, 5) is 25.3. The van der Waals surface area contributed by atoms with Crippen molar-refractivity contribution in [1.82, 2.24) is 4.57 Å². The Labute approximate surface area is 185 Å². The number of rotatable bonds is 9. The number of carbonyl (C=O) groups excluding carboxylic acids is 2. The molecule has 31 heavy (non-hydrogen) atoms. The molecule has 6 nitrogen and oxygen atoms in total. The van der Waals surface area contributed by atoms with Crippen molar-refractivity contribution in [1.29, 1.82) is 0 Å². The molecule has 0 unspecified atom stereocenters. The van der Waals surface area contributed by atoms with E-state index in [2.05, 4.69) is 15.4 Å². The van der Waals surface area contributed by atoms with Crippen LogP contribution in [0.25, 0.3) is 6.08 Å². The second-order valence-corrected chi connectivity index (χ2v) is 7.96. The van der Waals surface area contributed by atoms with Gasteiger partial charge in [0, 0.05) is 27.9 Å². The van der Waals surface area contributed by atoms with Crippen LogP contribution in [0.2, 0.25) is 0 Å². The van der Waals surface area contributed by atoms with Crippen molar-refractivity contribution in [3.63, 3.8) is 0 Å². The molecule has 162 valence electrons. The number of esters is 1. The minimum atomic E-state index is -0.443. The van der Waals surface area contributed by atoms with Crippen LogP contribution in [0.3, 0.4) is 0 Å². The number of Topliss-reactive ketones (excluding diaryl/α,β-unsaturated/α-hetero) is 1. The molecule has 3 aromatic rings. The number of benzene rings is 1. The fraction of sp³-hybridized carbons (Fsp3) is 0.250. The highest BCUT2D eigenvalue weighted by atomic mass is 32.1. The van der Waals surface area contributed by atoms with Crippen molar-refractivity contribution in [3.8, 4) is 11.5 Å². The summed E-state index contributed by atoms with van der Waals surface area (Å²) in [7, 11) is 2.84. The number of methoxy groups -OCH3 is 2.